The summed E-state index contributed by atoms with van der Waals surface area (Å²) < 4.78 is 4.29. The zero-order valence-electron chi connectivity index (χ0n) is 22.2. The van der Waals surface area contributed by atoms with Crippen LogP contribution in [-0.4, -0.2) is 20.1 Å². The molecule has 210 valence electrons. The molecule has 1 aliphatic heterocycles. The molecule has 1 aliphatic rings. The molecule has 10 heteroatoms. The van der Waals surface area contributed by atoms with Gasteiger partial charge < -0.3 is 0 Å². The van der Waals surface area contributed by atoms with Crippen molar-refractivity contribution in [2.24, 2.45) is 9.98 Å². The molecule has 0 aliphatic carbocycles. The third kappa shape index (κ3) is 9.68. The summed E-state index contributed by atoms with van der Waals surface area (Å²) in [6.45, 7) is 0. The maximum Gasteiger partial charge on any atom is 0.281 e. The molecule has 4 aromatic carbocycles. The van der Waals surface area contributed by atoms with Gasteiger partial charge in [0.2, 0.25) is 11.9 Å². The van der Waals surface area contributed by atoms with Gasteiger partial charge in [0, 0.05) is 23.0 Å². The van der Waals surface area contributed by atoms with Crippen LogP contribution in [0.1, 0.15) is 22.3 Å². The zero-order chi connectivity index (χ0) is 28.2. The summed E-state index contributed by atoms with van der Waals surface area (Å²) in [5.41, 5.74) is 4.87. The van der Waals surface area contributed by atoms with Crippen LogP contribution < -0.4 is 10.0 Å². The summed E-state index contributed by atoms with van der Waals surface area (Å²) in [5, 5.41) is 3.42. The van der Waals surface area contributed by atoms with Gasteiger partial charge in [-0.2, -0.15) is 9.98 Å². The number of rotatable bonds is 12. The average Bonchev–Trinajstić information content (AvgIpc) is 3.02. The summed E-state index contributed by atoms with van der Waals surface area (Å²) in [7, 11) is 0. The topological polar surface area (TPSA) is 52.0 Å². The number of nitrogens with zero attached hydrogens (tertiary/aromatic N) is 3. The first-order chi connectivity index (χ1) is 20.2. The largest absolute Gasteiger partial charge is 0.300 e. The van der Waals surface area contributed by atoms with Crippen molar-refractivity contribution in [3.63, 3.8) is 0 Å². The minimum atomic E-state index is -1.22. The van der Waals surface area contributed by atoms with Crippen molar-refractivity contribution in [3.8, 4) is 0 Å². The van der Waals surface area contributed by atoms with Gasteiger partial charge in [-0.3, -0.25) is 10.0 Å². The molecule has 0 amide bonds. The van der Waals surface area contributed by atoms with Crippen molar-refractivity contribution >= 4 is 71.1 Å². The molecule has 0 saturated carbocycles. The fourth-order valence-corrected chi connectivity index (χ4v) is 7.53. The van der Waals surface area contributed by atoms with Gasteiger partial charge in [-0.05, 0) is 58.1 Å². The molecule has 5 nitrogen and oxygen atoms in total. The first-order valence-corrected chi connectivity index (χ1v) is 17.3. The lowest BCUT2D eigenvalue weighted by molar-refractivity contribution is 0.815. The van der Waals surface area contributed by atoms with Gasteiger partial charge in [0.25, 0.3) is 4.45 Å². The van der Waals surface area contributed by atoms with E-state index >= 15 is 0 Å². The number of hydrogen-bond acceptors (Lipinski definition) is 9. The van der Waals surface area contributed by atoms with Crippen LogP contribution in [0.15, 0.2) is 131 Å². The minimum absolute atomic E-state index is 0.581. The van der Waals surface area contributed by atoms with Crippen LogP contribution in [0, 0.1) is 0 Å². The smallest absolute Gasteiger partial charge is 0.281 e. The van der Waals surface area contributed by atoms with Gasteiger partial charge in [-0.25, -0.2) is 3.71 Å². The molecule has 0 fully saturated rings. The Morgan fingerprint density at radius 3 is 1.54 bits per heavy atom. The summed E-state index contributed by atoms with van der Waals surface area (Å²) >= 11 is 13.6. The van der Waals surface area contributed by atoms with Crippen molar-refractivity contribution in [2.75, 3.05) is 0 Å². The lowest BCUT2D eigenvalue weighted by Gasteiger charge is -2.31. The second-order valence-corrected chi connectivity index (χ2v) is 13.7. The fraction of sp³-hybridized carbons (Fsp3) is 0.161. The van der Waals surface area contributed by atoms with Gasteiger partial charge >= 0.3 is 0 Å². The van der Waals surface area contributed by atoms with Crippen LogP contribution in [0.3, 0.4) is 0 Å². The van der Waals surface area contributed by atoms with E-state index < -0.39 is 4.45 Å². The molecule has 0 saturated heterocycles. The Kier molecular flexibility index (Phi) is 11.3. The third-order valence-corrected chi connectivity index (χ3v) is 10.5. The number of hydrogen-bond donors (Lipinski definition) is 2. The maximum absolute atomic E-state index is 7.14. The first kappa shape index (κ1) is 29.8. The van der Waals surface area contributed by atoms with E-state index in [0.717, 1.165) is 17.3 Å². The van der Waals surface area contributed by atoms with E-state index in [1.54, 1.807) is 35.8 Å². The Labute approximate surface area is 264 Å². The highest BCUT2D eigenvalue weighted by Gasteiger charge is 2.34. The standard InChI is InChI=1S/C31H30ClN5S4/c32-31(38-21-25-13-5-1-6-14-25)34-29(36-39-22-26-15-7-2-8-16-26)33-30(35-31)37(40-23-27-17-9-3-10-18-27)41-24-28-19-11-4-12-20-28/h1-20H,21-24H2,(H2,33,34,35,36). The van der Waals surface area contributed by atoms with Crippen molar-refractivity contribution in [2.45, 2.75) is 27.5 Å². The molecule has 1 heterocycles. The average molecular weight is 636 g/mol. The third-order valence-electron chi connectivity index (χ3n) is 5.80. The number of thioether (sulfide) groups is 1. The normalized spacial score (nSPS) is 16.3. The monoisotopic (exact) mass is 635 g/mol. The SMILES string of the molecule is ClC1(SCc2ccccc2)N=C(NSCc2ccccc2)NC(N(SCc2ccccc2)SCc2ccccc2)=N1. The molecule has 0 radical (unpaired) electrons. The lowest BCUT2D eigenvalue weighted by Crippen LogP contribution is -2.48. The molecule has 1 atom stereocenters. The highest BCUT2D eigenvalue weighted by Crippen LogP contribution is 2.39. The van der Waals surface area contributed by atoms with Crippen molar-refractivity contribution in [3.05, 3.63) is 144 Å². The van der Waals surface area contributed by atoms with Crippen molar-refractivity contribution < 1.29 is 0 Å². The highest BCUT2D eigenvalue weighted by atomic mass is 35.5. The molecule has 5 rings (SSSR count). The second kappa shape index (κ2) is 15.5. The fourth-order valence-electron chi connectivity index (χ4n) is 3.74. The molecular weight excluding hydrogens is 606 g/mol. The molecule has 2 N–H and O–H groups in total. The quantitative estimate of drug-likeness (QED) is 0.0919. The van der Waals surface area contributed by atoms with E-state index in [4.69, 9.17) is 21.6 Å². The summed E-state index contributed by atoms with van der Waals surface area (Å²) in [4.78, 5) is 9.75. The Morgan fingerprint density at radius 1 is 0.610 bits per heavy atom. The number of alkyl halides is 1. The zero-order valence-corrected chi connectivity index (χ0v) is 26.2. The van der Waals surface area contributed by atoms with Crippen molar-refractivity contribution in [1.29, 1.82) is 0 Å². The van der Waals surface area contributed by atoms with E-state index in [0.29, 0.717) is 17.7 Å². The molecule has 0 spiro atoms. The van der Waals surface area contributed by atoms with Gasteiger partial charge in [-0.15, -0.1) is 0 Å². The van der Waals surface area contributed by atoms with Crippen LogP contribution in [0.2, 0.25) is 0 Å². The summed E-state index contributed by atoms with van der Waals surface area (Å²) in [5.74, 6) is 4.29. The Bertz CT molecular complexity index is 1370. The van der Waals surface area contributed by atoms with E-state index in [1.165, 1.54) is 34.0 Å². The lowest BCUT2D eigenvalue weighted by atomic mass is 10.2. The number of halogens is 1. The molecular formula is C31H30ClN5S4. The molecule has 41 heavy (non-hydrogen) atoms. The minimum Gasteiger partial charge on any atom is -0.300 e. The summed E-state index contributed by atoms with van der Waals surface area (Å²) in [6.07, 6.45) is 0. The summed E-state index contributed by atoms with van der Waals surface area (Å²) in [6, 6.07) is 41.5. The molecule has 4 aromatic rings. The van der Waals surface area contributed by atoms with Crippen LogP contribution in [0.4, 0.5) is 0 Å². The van der Waals surface area contributed by atoms with E-state index in [9.17, 15) is 0 Å². The van der Waals surface area contributed by atoms with Gasteiger partial charge in [0.05, 0.1) is 0 Å². The molecule has 1 unspecified atom stereocenters. The Morgan fingerprint density at radius 2 is 1.05 bits per heavy atom. The van der Waals surface area contributed by atoms with Crippen LogP contribution in [-0.2, 0) is 23.0 Å². The van der Waals surface area contributed by atoms with Crippen molar-refractivity contribution in [1.82, 2.24) is 13.7 Å². The van der Waals surface area contributed by atoms with E-state index in [1.807, 2.05) is 48.5 Å². The first-order valence-electron chi connectivity index (χ1n) is 13.0. The van der Waals surface area contributed by atoms with E-state index in [2.05, 4.69) is 86.5 Å². The van der Waals surface area contributed by atoms with E-state index in [-0.39, 0.29) is 0 Å². The Balaban J connectivity index is 1.35. The number of benzene rings is 4. The van der Waals surface area contributed by atoms with Gasteiger partial charge in [0.15, 0.2) is 0 Å². The van der Waals surface area contributed by atoms with Gasteiger partial charge in [-0.1, -0.05) is 145 Å². The second-order valence-electron chi connectivity index (χ2n) is 8.98. The van der Waals surface area contributed by atoms with Crippen LogP contribution in [0.5, 0.6) is 0 Å². The predicted octanol–water partition coefficient (Wildman–Crippen LogP) is 8.52. The predicted molar refractivity (Wildman–Crippen MR) is 183 cm³/mol. The molecule has 0 aromatic heterocycles. The number of guanidine groups is 2. The number of nitrogens with one attached hydrogen (secondary N) is 2. The van der Waals surface area contributed by atoms with Crippen LogP contribution >= 0.6 is 59.2 Å². The Hall–Kier alpha value is -2.69. The van der Waals surface area contributed by atoms with Gasteiger partial charge in [0.1, 0.15) is 0 Å². The highest BCUT2D eigenvalue weighted by molar-refractivity contribution is 8.12. The maximum atomic E-state index is 7.14. The molecule has 0 bridgehead atoms. The number of aliphatic imine (C=N–C) groups is 2. The van der Waals surface area contributed by atoms with Crippen LogP contribution in [0.25, 0.3) is 0 Å².